The maximum atomic E-state index is 10.6. The molecule has 1 aliphatic rings. The Labute approximate surface area is 176 Å². The zero-order valence-corrected chi connectivity index (χ0v) is 17.1. The largest absolute Gasteiger partial charge is 0.497 e. The number of pyridine rings is 1. The number of fused-ring (bicyclic) bond motifs is 3. The molecule has 4 rings (SSSR count). The topological polar surface area (TPSA) is 90.1 Å². The maximum absolute atomic E-state index is 10.6. The number of halogens is 3. The van der Waals surface area contributed by atoms with Crippen molar-refractivity contribution in [3.05, 3.63) is 53.5 Å². The number of hydrogen-bond donors (Lipinski definition) is 1. The van der Waals surface area contributed by atoms with E-state index in [1.165, 1.54) is 5.56 Å². The molecule has 0 saturated carbocycles. The number of nitrogens with zero attached hydrogens (tertiary/aromatic N) is 4. The van der Waals surface area contributed by atoms with E-state index >= 15 is 0 Å². The molecule has 3 aromatic rings. The molecule has 0 spiro atoms. The van der Waals surface area contributed by atoms with Crippen LogP contribution in [0.15, 0.2) is 36.4 Å². The van der Waals surface area contributed by atoms with E-state index in [9.17, 15) is 13.2 Å². The summed E-state index contributed by atoms with van der Waals surface area (Å²) in [7, 11) is 1.70. The molecule has 10 heteroatoms. The van der Waals surface area contributed by atoms with Crippen LogP contribution in [0.4, 0.5) is 13.2 Å². The standard InChI is InChI=1S/C19H20N4O.C2HF3O2/c1-12-7-10-18-21-22-19(16-6-4-5-13(2)20-16)23(18)17-9-8-14(24-3)11-15(12)17;3-2(4,5)1(6)7/h4-6,8-9,11-12H,7,10H2,1-3H3;(H,6,7). The Kier molecular flexibility index (Phi) is 6.28. The zero-order chi connectivity index (χ0) is 22.8. The SMILES string of the molecule is COc1ccc2c(c1)C(C)CCc1nnc(-c3cccc(C)n3)n1-2.O=C(O)C(F)(F)F. The van der Waals surface area contributed by atoms with Gasteiger partial charge >= 0.3 is 12.1 Å². The molecule has 2 aromatic heterocycles. The Bertz CT molecular complexity index is 1100. The van der Waals surface area contributed by atoms with Gasteiger partial charge in [-0.05, 0) is 55.2 Å². The molecule has 1 aromatic carbocycles. The number of aromatic nitrogens is 4. The third kappa shape index (κ3) is 4.84. The van der Waals surface area contributed by atoms with Crippen molar-refractivity contribution in [3.63, 3.8) is 0 Å². The molecule has 1 N–H and O–H groups in total. The van der Waals surface area contributed by atoms with Gasteiger partial charge in [0.1, 0.15) is 17.3 Å². The molecule has 0 saturated heterocycles. The summed E-state index contributed by atoms with van der Waals surface area (Å²) in [4.78, 5) is 13.5. The van der Waals surface area contributed by atoms with E-state index in [1.54, 1.807) is 7.11 Å². The predicted molar refractivity (Wildman–Crippen MR) is 106 cm³/mol. The fourth-order valence-corrected chi connectivity index (χ4v) is 3.32. The van der Waals surface area contributed by atoms with E-state index in [4.69, 9.17) is 14.6 Å². The van der Waals surface area contributed by atoms with Gasteiger partial charge in [-0.3, -0.25) is 4.57 Å². The van der Waals surface area contributed by atoms with Crippen LogP contribution in [-0.4, -0.2) is 44.1 Å². The van der Waals surface area contributed by atoms with Crippen LogP contribution in [0.3, 0.4) is 0 Å². The third-order valence-electron chi connectivity index (χ3n) is 4.90. The van der Waals surface area contributed by atoms with Crippen molar-refractivity contribution in [1.82, 2.24) is 19.7 Å². The minimum absolute atomic E-state index is 0.440. The number of carboxylic acids is 1. The molecule has 0 amide bonds. The van der Waals surface area contributed by atoms with Gasteiger partial charge in [-0.25, -0.2) is 9.78 Å². The fourth-order valence-electron chi connectivity index (χ4n) is 3.32. The van der Waals surface area contributed by atoms with Gasteiger partial charge in [0, 0.05) is 12.1 Å². The van der Waals surface area contributed by atoms with Gasteiger partial charge in [0.15, 0.2) is 5.82 Å². The first-order valence-corrected chi connectivity index (χ1v) is 9.48. The van der Waals surface area contributed by atoms with Crippen LogP contribution < -0.4 is 4.74 Å². The number of rotatable bonds is 2. The van der Waals surface area contributed by atoms with E-state index in [0.29, 0.717) is 5.92 Å². The lowest BCUT2D eigenvalue weighted by Crippen LogP contribution is -2.21. The summed E-state index contributed by atoms with van der Waals surface area (Å²) in [6, 6.07) is 12.2. The molecular formula is C21H21F3N4O3. The number of hydrogen-bond acceptors (Lipinski definition) is 5. The van der Waals surface area contributed by atoms with Crippen LogP contribution in [0.5, 0.6) is 5.75 Å². The average Bonchev–Trinajstić information content (AvgIpc) is 3.09. The molecule has 0 radical (unpaired) electrons. The highest BCUT2D eigenvalue weighted by molar-refractivity contribution is 5.73. The Morgan fingerprint density at radius 3 is 2.55 bits per heavy atom. The van der Waals surface area contributed by atoms with Crippen molar-refractivity contribution in [2.75, 3.05) is 7.11 Å². The second kappa shape index (κ2) is 8.75. The van der Waals surface area contributed by atoms with Gasteiger partial charge in [-0.1, -0.05) is 13.0 Å². The van der Waals surface area contributed by atoms with Gasteiger partial charge in [0.2, 0.25) is 0 Å². The number of ether oxygens (including phenoxy) is 1. The smallest absolute Gasteiger partial charge is 0.490 e. The first kappa shape index (κ1) is 22.3. The molecule has 0 aliphatic carbocycles. The summed E-state index contributed by atoms with van der Waals surface area (Å²) >= 11 is 0. The van der Waals surface area contributed by atoms with Crippen molar-refractivity contribution < 1.29 is 27.8 Å². The lowest BCUT2D eigenvalue weighted by atomic mass is 9.95. The highest BCUT2D eigenvalue weighted by atomic mass is 19.4. The van der Waals surface area contributed by atoms with E-state index in [0.717, 1.165) is 47.3 Å². The first-order chi connectivity index (χ1) is 14.6. The molecule has 7 nitrogen and oxygen atoms in total. The minimum atomic E-state index is -5.08. The van der Waals surface area contributed by atoms with Crippen LogP contribution in [0.2, 0.25) is 0 Å². The lowest BCUT2D eigenvalue weighted by Gasteiger charge is -2.16. The number of alkyl halides is 3. The molecule has 164 valence electrons. The molecule has 0 bridgehead atoms. The minimum Gasteiger partial charge on any atom is -0.497 e. The van der Waals surface area contributed by atoms with E-state index in [-0.39, 0.29) is 0 Å². The van der Waals surface area contributed by atoms with E-state index in [2.05, 4.69) is 38.8 Å². The second-order valence-electron chi connectivity index (χ2n) is 7.11. The van der Waals surface area contributed by atoms with E-state index in [1.807, 2.05) is 31.2 Å². The van der Waals surface area contributed by atoms with Crippen LogP contribution in [-0.2, 0) is 11.2 Å². The van der Waals surface area contributed by atoms with Gasteiger partial charge in [-0.15, -0.1) is 10.2 Å². The summed E-state index contributed by atoms with van der Waals surface area (Å²) in [6.07, 6.45) is -3.14. The van der Waals surface area contributed by atoms with Crippen molar-refractivity contribution in [2.45, 2.75) is 38.8 Å². The third-order valence-corrected chi connectivity index (χ3v) is 4.90. The molecule has 31 heavy (non-hydrogen) atoms. The second-order valence-corrected chi connectivity index (χ2v) is 7.11. The zero-order valence-electron chi connectivity index (χ0n) is 17.1. The van der Waals surface area contributed by atoms with Crippen molar-refractivity contribution in [3.8, 4) is 23.0 Å². The first-order valence-electron chi connectivity index (χ1n) is 9.48. The fraction of sp³-hybridized carbons (Fsp3) is 0.333. The number of carboxylic acid groups (broad SMARTS) is 1. The van der Waals surface area contributed by atoms with Gasteiger partial charge in [-0.2, -0.15) is 13.2 Å². The number of aryl methyl sites for hydroxylation is 2. The highest BCUT2D eigenvalue weighted by Crippen LogP contribution is 2.36. The number of aliphatic carboxylic acids is 1. The van der Waals surface area contributed by atoms with Gasteiger partial charge < -0.3 is 9.84 Å². The van der Waals surface area contributed by atoms with Crippen LogP contribution in [0.1, 0.15) is 36.3 Å². The lowest BCUT2D eigenvalue weighted by molar-refractivity contribution is -0.192. The van der Waals surface area contributed by atoms with Crippen molar-refractivity contribution in [1.29, 1.82) is 0 Å². The van der Waals surface area contributed by atoms with Gasteiger partial charge in [0.25, 0.3) is 0 Å². The van der Waals surface area contributed by atoms with E-state index < -0.39 is 12.1 Å². The van der Waals surface area contributed by atoms with Crippen LogP contribution >= 0.6 is 0 Å². The average molecular weight is 434 g/mol. The molecule has 3 heterocycles. The molecule has 1 aliphatic heterocycles. The quantitative estimate of drug-likeness (QED) is 0.646. The Morgan fingerprint density at radius 2 is 1.94 bits per heavy atom. The normalized spacial score (nSPS) is 15.1. The highest BCUT2D eigenvalue weighted by Gasteiger charge is 2.38. The molecule has 1 atom stereocenters. The Balaban J connectivity index is 0.000000339. The summed E-state index contributed by atoms with van der Waals surface area (Å²) in [5.74, 6) is 0.355. The van der Waals surface area contributed by atoms with Crippen LogP contribution in [0, 0.1) is 6.92 Å². The summed E-state index contributed by atoms with van der Waals surface area (Å²) in [5, 5.41) is 16.0. The summed E-state index contributed by atoms with van der Waals surface area (Å²) in [5.41, 5.74) is 4.22. The Morgan fingerprint density at radius 1 is 1.23 bits per heavy atom. The number of carbonyl (C=O) groups is 1. The molecule has 0 fully saturated rings. The van der Waals surface area contributed by atoms with Crippen molar-refractivity contribution in [2.24, 2.45) is 0 Å². The maximum Gasteiger partial charge on any atom is 0.490 e. The molecule has 1 unspecified atom stereocenters. The van der Waals surface area contributed by atoms with Crippen molar-refractivity contribution >= 4 is 5.97 Å². The monoisotopic (exact) mass is 434 g/mol. The predicted octanol–water partition coefficient (Wildman–Crippen LogP) is 4.33. The number of benzene rings is 1. The summed E-state index contributed by atoms with van der Waals surface area (Å²) < 4.78 is 39.3. The van der Waals surface area contributed by atoms with Crippen LogP contribution in [0.25, 0.3) is 17.2 Å². The van der Waals surface area contributed by atoms with Gasteiger partial charge in [0.05, 0.1) is 12.8 Å². The Hall–Kier alpha value is -3.43. The summed E-state index contributed by atoms with van der Waals surface area (Å²) in [6.45, 7) is 4.24. The number of methoxy groups -OCH3 is 1. The molecular weight excluding hydrogens is 413 g/mol.